The Bertz CT molecular complexity index is 1340. The van der Waals surface area contributed by atoms with Gasteiger partial charge in [-0.05, 0) is 49.1 Å². The van der Waals surface area contributed by atoms with E-state index < -0.39 is 0 Å². The summed E-state index contributed by atoms with van der Waals surface area (Å²) in [5, 5.41) is 4.21. The molecule has 2 heterocycles. The summed E-state index contributed by atoms with van der Waals surface area (Å²) in [6, 6.07) is 17.3. The number of amides is 1. The zero-order chi connectivity index (χ0) is 23.4. The highest BCUT2D eigenvalue weighted by molar-refractivity contribution is 7.99. The molecule has 1 amide bonds. The number of rotatable bonds is 8. The van der Waals surface area contributed by atoms with E-state index in [1.54, 1.807) is 15.9 Å². The van der Waals surface area contributed by atoms with Crippen LogP contribution < -0.4 is 10.9 Å². The number of nitrogens with one attached hydrogen (secondary N) is 1. The lowest BCUT2D eigenvalue weighted by Crippen LogP contribution is -2.23. The van der Waals surface area contributed by atoms with Crippen molar-refractivity contribution >= 4 is 44.9 Å². The Morgan fingerprint density at radius 1 is 1.09 bits per heavy atom. The normalized spacial score (nSPS) is 11.1. The van der Waals surface area contributed by atoms with E-state index >= 15 is 0 Å². The fraction of sp³-hybridized carbons (Fsp3) is 0.269. The number of fused-ring (bicyclic) bond motifs is 1. The summed E-state index contributed by atoms with van der Waals surface area (Å²) in [5.74, 6) is 0.0403. The van der Waals surface area contributed by atoms with Crippen molar-refractivity contribution in [2.75, 3.05) is 11.1 Å². The van der Waals surface area contributed by atoms with Crippen molar-refractivity contribution in [1.29, 1.82) is 0 Å². The molecule has 0 atom stereocenters. The summed E-state index contributed by atoms with van der Waals surface area (Å²) in [7, 11) is 0. The molecule has 0 aliphatic rings. The van der Waals surface area contributed by atoms with Gasteiger partial charge in [0.2, 0.25) is 5.91 Å². The Labute approximate surface area is 201 Å². The van der Waals surface area contributed by atoms with Crippen molar-refractivity contribution in [2.24, 2.45) is 0 Å². The number of hydrogen-bond acceptors (Lipinski definition) is 5. The third kappa shape index (κ3) is 4.89. The van der Waals surface area contributed by atoms with Crippen LogP contribution in [0.15, 0.2) is 64.5 Å². The van der Waals surface area contributed by atoms with Gasteiger partial charge in [0, 0.05) is 10.6 Å². The Kier molecular flexibility index (Phi) is 7.30. The van der Waals surface area contributed by atoms with E-state index in [-0.39, 0.29) is 17.2 Å². The second kappa shape index (κ2) is 10.4. The SMILES string of the molecule is CCCc1sc2nc(SCC(=O)Nc3ccccc3CC)n(-c3ccccc3)c(=O)c2c1C. The monoisotopic (exact) mass is 477 g/mol. The first-order valence-electron chi connectivity index (χ1n) is 11.1. The number of carbonyl (C=O) groups excluding carboxylic acids is 1. The summed E-state index contributed by atoms with van der Waals surface area (Å²) in [6.45, 7) is 6.21. The minimum Gasteiger partial charge on any atom is -0.325 e. The van der Waals surface area contributed by atoms with Crippen molar-refractivity contribution in [1.82, 2.24) is 9.55 Å². The zero-order valence-electron chi connectivity index (χ0n) is 19.1. The third-order valence-corrected chi connectivity index (χ3v) is 7.71. The van der Waals surface area contributed by atoms with Crippen LogP contribution in [0.3, 0.4) is 0 Å². The minimum absolute atomic E-state index is 0.0819. The van der Waals surface area contributed by atoms with Gasteiger partial charge in [-0.3, -0.25) is 14.2 Å². The number of thiophene rings is 1. The molecule has 0 aliphatic heterocycles. The fourth-order valence-corrected chi connectivity index (χ4v) is 5.98. The van der Waals surface area contributed by atoms with Crippen molar-refractivity contribution in [2.45, 2.75) is 45.2 Å². The smallest absolute Gasteiger partial charge is 0.267 e. The molecule has 4 rings (SSSR count). The molecule has 0 bridgehead atoms. The summed E-state index contributed by atoms with van der Waals surface area (Å²) < 4.78 is 1.63. The van der Waals surface area contributed by atoms with Crippen LogP contribution in [0, 0.1) is 6.92 Å². The summed E-state index contributed by atoms with van der Waals surface area (Å²) in [6.07, 6.45) is 2.79. The van der Waals surface area contributed by atoms with Crippen LogP contribution in [0.1, 0.15) is 36.3 Å². The summed E-state index contributed by atoms with van der Waals surface area (Å²) in [5.41, 5.74) is 3.60. The van der Waals surface area contributed by atoms with E-state index in [0.717, 1.165) is 46.6 Å². The van der Waals surface area contributed by atoms with Crippen LogP contribution in [0.4, 0.5) is 5.69 Å². The molecule has 0 spiro atoms. The molecule has 4 aromatic rings. The van der Waals surface area contributed by atoms with E-state index in [1.807, 2.05) is 61.5 Å². The summed E-state index contributed by atoms with van der Waals surface area (Å²) >= 11 is 2.87. The standard InChI is InChI=1S/C26H27N3O2S2/c1-4-11-21-17(3)23-24(33-21)28-26(29(25(23)31)19-13-7-6-8-14-19)32-16-22(30)27-20-15-10-9-12-18(20)5-2/h6-10,12-15H,4-5,11,16H2,1-3H3,(H,27,30). The number of hydrogen-bond donors (Lipinski definition) is 1. The molecule has 0 unspecified atom stereocenters. The molecule has 0 fully saturated rings. The number of carbonyl (C=O) groups is 1. The van der Waals surface area contributed by atoms with Crippen LogP contribution in [0.25, 0.3) is 15.9 Å². The van der Waals surface area contributed by atoms with Crippen molar-refractivity contribution in [3.63, 3.8) is 0 Å². The maximum absolute atomic E-state index is 13.6. The van der Waals surface area contributed by atoms with Gasteiger partial charge in [-0.25, -0.2) is 4.98 Å². The van der Waals surface area contributed by atoms with E-state index in [2.05, 4.69) is 19.2 Å². The number of aromatic nitrogens is 2. The number of nitrogens with zero attached hydrogens (tertiary/aromatic N) is 2. The number of anilines is 1. The first-order chi connectivity index (χ1) is 16.0. The van der Waals surface area contributed by atoms with Gasteiger partial charge in [-0.15, -0.1) is 11.3 Å². The fourth-order valence-electron chi connectivity index (χ4n) is 3.84. The number of aryl methyl sites for hydroxylation is 3. The van der Waals surface area contributed by atoms with Crippen molar-refractivity contribution in [3.05, 3.63) is 81.0 Å². The van der Waals surface area contributed by atoms with Gasteiger partial charge in [-0.2, -0.15) is 0 Å². The second-order valence-electron chi connectivity index (χ2n) is 7.80. The number of benzene rings is 2. The highest BCUT2D eigenvalue weighted by Crippen LogP contribution is 2.31. The van der Waals surface area contributed by atoms with E-state index in [9.17, 15) is 9.59 Å². The van der Waals surface area contributed by atoms with Gasteiger partial charge in [-0.1, -0.05) is 68.4 Å². The molecular weight excluding hydrogens is 450 g/mol. The lowest BCUT2D eigenvalue weighted by molar-refractivity contribution is -0.113. The Hall–Kier alpha value is -2.90. The third-order valence-electron chi connectivity index (χ3n) is 5.53. The number of para-hydroxylation sites is 2. The molecule has 1 N–H and O–H groups in total. The Balaban J connectivity index is 1.70. The molecule has 0 saturated heterocycles. The molecule has 7 heteroatoms. The predicted molar refractivity (Wildman–Crippen MR) is 139 cm³/mol. The van der Waals surface area contributed by atoms with Crippen LogP contribution >= 0.6 is 23.1 Å². The first kappa shape index (κ1) is 23.3. The molecule has 2 aromatic carbocycles. The molecule has 2 aromatic heterocycles. The maximum atomic E-state index is 13.6. The minimum atomic E-state index is -0.121. The van der Waals surface area contributed by atoms with E-state index in [0.29, 0.717) is 10.5 Å². The van der Waals surface area contributed by atoms with Crippen LogP contribution in [0.2, 0.25) is 0 Å². The highest BCUT2D eigenvalue weighted by atomic mass is 32.2. The lowest BCUT2D eigenvalue weighted by Gasteiger charge is -2.13. The van der Waals surface area contributed by atoms with E-state index in [1.165, 1.54) is 16.6 Å². The molecule has 0 aliphatic carbocycles. The van der Waals surface area contributed by atoms with E-state index in [4.69, 9.17) is 4.98 Å². The van der Waals surface area contributed by atoms with Gasteiger partial charge in [0.15, 0.2) is 5.16 Å². The van der Waals surface area contributed by atoms with Gasteiger partial charge in [0.05, 0.1) is 16.8 Å². The van der Waals surface area contributed by atoms with Crippen LogP contribution in [-0.4, -0.2) is 21.2 Å². The van der Waals surface area contributed by atoms with Crippen molar-refractivity contribution in [3.8, 4) is 5.69 Å². The average Bonchev–Trinajstić information content (AvgIpc) is 3.14. The Morgan fingerprint density at radius 3 is 2.55 bits per heavy atom. The van der Waals surface area contributed by atoms with Gasteiger partial charge in [0.1, 0.15) is 4.83 Å². The molecule has 0 saturated carbocycles. The quantitative estimate of drug-likeness (QED) is 0.250. The highest BCUT2D eigenvalue weighted by Gasteiger charge is 2.20. The van der Waals surface area contributed by atoms with Gasteiger partial charge < -0.3 is 5.32 Å². The zero-order valence-corrected chi connectivity index (χ0v) is 20.7. The molecule has 170 valence electrons. The average molecular weight is 478 g/mol. The largest absolute Gasteiger partial charge is 0.325 e. The topological polar surface area (TPSA) is 64.0 Å². The first-order valence-corrected chi connectivity index (χ1v) is 12.9. The molecule has 0 radical (unpaired) electrons. The maximum Gasteiger partial charge on any atom is 0.267 e. The molecular formula is C26H27N3O2S2. The van der Waals surface area contributed by atoms with Crippen molar-refractivity contribution < 1.29 is 4.79 Å². The summed E-state index contributed by atoms with van der Waals surface area (Å²) in [4.78, 5) is 33.2. The number of thioether (sulfide) groups is 1. The lowest BCUT2D eigenvalue weighted by atomic mass is 10.1. The predicted octanol–water partition coefficient (Wildman–Crippen LogP) is 6.00. The van der Waals surface area contributed by atoms with Gasteiger partial charge >= 0.3 is 0 Å². The van der Waals surface area contributed by atoms with Gasteiger partial charge in [0.25, 0.3) is 5.56 Å². The molecule has 33 heavy (non-hydrogen) atoms. The molecule has 5 nitrogen and oxygen atoms in total. The Morgan fingerprint density at radius 2 is 1.82 bits per heavy atom. The second-order valence-corrected chi connectivity index (χ2v) is 9.82. The van der Waals surface area contributed by atoms with Crippen LogP contribution in [-0.2, 0) is 17.6 Å². The van der Waals surface area contributed by atoms with Crippen LogP contribution in [0.5, 0.6) is 0 Å².